The number of benzene rings is 2. The van der Waals surface area contributed by atoms with E-state index < -0.39 is 21.5 Å². The molecule has 162 valence electrons. The maximum Gasteiger partial charge on any atom is 0.269 e. The molecule has 1 amide bonds. The van der Waals surface area contributed by atoms with Crippen LogP contribution in [0.15, 0.2) is 58.4 Å². The van der Waals surface area contributed by atoms with Crippen molar-refractivity contribution in [1.29, 1.82) is 0 Å². The van der Waals surface area contributed by atoms with Crippen molar-refractivity contribution >= 4 is 32.7 Å². The molecule has 1 aliphatic rings. The number of ether oxygens (including phenoxy) is 1. The van der Waals surface area contributed by atoms with Crippen LogP contribution in [0.25, 0.3) is 11.0 Å². The van der Waals surface area contributed by atoms with Crippen molar-refractivity contribution in [2.75, 3.05) is 31.6 Å². The van der Waals surface area contributed by atoms with Crippen LogP contribution in [0, 0.1) is 6.92 Å². The lowest BCUT2D eigenvalue weighted by molar-refractivity contribution is -0.116. The number of hydrogen-bond donors (Lipinski definition) is 1. The fourth-order valence-electron chi connectivity index (χ4n) is 3.50. The molecule has 4 rings (SSSR count). The van der Waals surface area contributed by atoms with Crippen LogP contribution >= 0.6 is 0 Å². The van der Waals surface area contributed by atoms with Gasteiger partial charge in [-0.05, 0) is 36.8 Å². The molecule has 2 heterocycles. The van der Waals surface area contributed by atoms with Crippen LogP contribution in [0.1, 0.15) is 5.56 Å². The lowest BCUT2D eigenvalue weighted by Crippen LogP contribution is -2.40. The first-order chi connectivity index (χ1) is 14.9. The number of aryl methyl sites for hydroxylation is 1. The van der Waals surface area contributed by atoms with Gasteiger partial charge in [-0.3, -0.25) is 14.2 Å². The van der Waals surface area contributed by atoms with Crippen molar-refractivity contribution in [2.24, 2.45) is 0 Å². The first-order valence-electron chi connectivity index (χ1n) is 9.79. The Morgan fingerprint density at radius 2 is 1.90 bits per heavy atom. The van der Waals surface area contributed by atoms with E-state index in [4.69, 9.17) is 4.74 Å². The number of nitrogens with one attached hydrogen (secondary N) is 1. The fourth-order valence-corrected chi connectivity index (χ4v) is 5.16. The molecule has 1 aromatic heterocycles. The molecule has 0 radical (unpaired) electrons. The molecule has 1 aliphatic heterocycles. The van der Waals surface area contributed by atoms with E-state index in [2.05, 4.69) is 10.3 Å². The summed E-state index contributed by atoms with van der Waals surface area (Å²) in [7, 11) is -3.71. The number of rotatable bonds is 5. The van der Waals surface area contributed by atoms with Crippen LogP contribution in [0.3, 0.4) is 0 Å². The lowest BCUT2D eigenvalue weighted by atomic mass is 10.2. The molecule has 10 heteroatoms. The van der Waals surface area contributed by atoms with Gasteiger partial charge in [0.1, 0.15) is 6.54 Å². The molecule has 0 bridgehead atoms. The zero-order valence-corrected chi connectivity index (χ0v) is 17.8. The Hall–Kier alpha value is -3.08. The van der Waals surface area contributed by atoms with Gasteiger partial charge < -0.3 is 10.1 Å². The lowest BCUT2D eigenvalue weighted by Gasteiger charge is -2.26. The minimum Gasteiger partial charge on any atom is -0.379 e. The summed E-state index contributed by atoms with van der Waals surface area (Å²) in [6.07, 6.45) is 1.18. The average Bonchev–Trinajstić information content (AvgIpc) is 2.77. The number of nitrogens with zero attached hydrogens (tertiary/aromatic N) is 3. The molecular formula is C21H22N4O5S. The number of carbonyl (C=O) groups is 1. The summed E-state index contributed by atoms with van der Waals surface area (Å²) in [5.74, 6) is -0.447. The second kappa shape index (κ2) is 8.58. The van der Waals surface area contributed by atoms with Gasteiger partial charge in [-0.15, -0.1) is 0 Å². The molecule has 31 heavy (non-hydrogen) atoms. The number of fused-ring (bicyclic) bond motifs is 1. The van der Waals surface area contributed by atoms with Crippen LogP contribution in [0.2, 0.25) is 0 Å². The highest BCUT2D eigenvalue weighted by molar-refractivity contribution is 7.89. The van der Waals surface area contributed by atoms with E-state index in [9.17, 15) is 18.0 Å². The largest absolute Gasteiger partial charge is 0.379 e. The van der Waals surface area contributed by atoms with Crippen molar-refractivity contribution in [3.05, 3.63) is 64.6 Å². The summed E-state index contributed by atoms with van der Waals surface area (Å²) in [5, 5.41) is 2.70. The predicted molar refractivity (Wildman–Crippen MR) is 115 cm³/mol. The highest BCUT2D eigenvalue weighted by Crippen LogP contribution is 2.24. The molecule has 0 saturated carbocycles. The zero-order valence-electron chi connectivity index (χ0n) is 16.9. The quantitative estimate of drug-likeness (QED) is 0.639. The molecule has 1 fully saturated rings. The number of hydrogen-bond acceptors (Lipinski definition) is 6. The van der Waals surface area contributed by atoms with Crippen molar-refractivity contribution in [3.8, 4) is 0 Å². The summed E-state index contributed by atoms with van der Waals surface area (Å²) in [6.45, 7) is 2.77. The maximum atomic E-state index is 13.0. The number of carbonyl (C=O) groups excluding carboxylic acids is 1. The van der Waals surface area contributed by atoms with Crippen LogP contribution in [-0.4, -0.2) is 54.5 Å². The Morgan fingerprint density at radius 1 is 1.16 bits per heavy atom. The standard InChI is InChI=1S/C21H22N4O5S/c1-15-6-7-16(12-19(15)31(28,29)24-8-10-30-11-9-24)23-20(26)14-25-18-5-3-2-4-17(18)22-13-21(25)27/h2-7,12-13H,8-11,14H2,1H3,(H,23,26). The van der Waals surface area contributed by atoms with Gasteiger partial charge in [-0.25, -0.2) is 13.4 Å². The number of anilines is 1. The molecule has 1 saturated heterocycles. The number of amides is 1. The minimum absolute atomic E-state index is 0.138. The Labute approximate surface area is 179 Å². The highest BCUT2D eigenvalue weighted by atomic mass is 32.2. The van der Waals surface area contributed by atoms with Crippen LogP contribution in [-0.2, 0) is 26.1 Å². The van der Waals surface area contributed by atoms with E-state index in [-0.39, 0.29) is 24.5 Å². The number of aromatic nitrogens is 2. The van der Waals surface area contributed by atoms with E-state index >= 15 is 0 Å². The van der Waals surface area contributed by atoms with Gasteiger partial charge in [0.05, 0.1) is 35.3 Å². The monoisotopic (exact) mass is 442 g/mol. The molecule has 9 nitrogen and oxygen atoms in total. The van der Waals surface area contributed by atoms with Crippen molar-refractivity contribution in [1.82, 2.24) is 13.9 Å². The van der Waals surface area contributed by atoms with E-state index in [0.29, 0.717) is 35.5 Å². The van der Waals surface area contributed by atoms with Crippen LogP contribution in [0.4, 0.5) is 5.69 Å². The zero-order chi connectivity index (χ0) is 22.0. The third-order valence-corrected chi connectivity index (χ3v) is 7.15. The predicted octanol–water partition coefficient (Wildman–Crippen LogP) is 1.36. The van der Waals surface area contributed by atoms with Gasteiger partial charge in [0.2, 0.25) is 15.9 Å². The smallest absolute Gasteiger partial charge is 0.269 e. The highest BCUT2D eigenvalue weighted by Gasteiger charge is 2.28. The summed E-state index contributed by atoms with van der Waals surface area (Å²) in [4.78, 5) is 29.1. The SMILES string of the molecule is Cc1ccc(NC(=O)Cn2c(=O)cnc3ccccc32)cc1S(=O)(=O)N1CCOCC1. The third kappa shape index (κ3) is 4.36. The van der Waals surface area contributed by atoms with Gasteiger partial charge in [0.25, 0.3) is 5.56 Å². The van der Waals surface area contributed by atoms with Gasteiger partial charge in [0.15, 0.2) is 0 Å². The number of morpholine rings is 1. The minimum atomic E-state index is -3.71. The Bertz CT molecular complexity index is 1300. The molecule has 2 aromatic carbocycles. The second-order valence-electron chi connectivity index (χ2n) is 7.22. The van der Waals surface area contributed by atoms with Gasteiger partial charge >= 0.3 is 0 Å². The third-order valence-electron chi connectivity index (χ3n) is 5.11. The van der Waals surface area contributed by atoms with Crippen molar-refractivity contribution in [2.45, 2.75) is 18.4 Å². The van der Waals surface area contributed by atoms with Crippen molar-refractivity contribution in [3.63, 3.8) is 0 Å². The van der Waals surface area contributed by atoms with Gasteiger partial charge in [-0.1, -0.05) is 18.2 Å². The van der Waals surface area contributed by atoms with Crippen LogP contribution < -0.4 is 10.9 Å². The number of para-hydroxylation sites is 2. The van der Waals surface area contributed by atoms with E-state index in [0.717, 1.165) is 0 Å². The summed E-state index contributed by atoms with van der Waals surface area (Å²) in [5.41, 5.74) is 1.68. The summed E-state index contributed by atoms with van der Waals surface area (Å²) < 4.78 is 34.0. The normalized spacial score (nSPS) is 15.1. The first-order valence-corrected chi connectivity index (χ1v) is 11.2. The maximum absolute atomic E-state index is 13.0. The van der Waals surface area contributed by atoms with Gasteiger partial charge in [-0.2, -0.15) is 4.31 Å². The topological polar surface area (TPSA) is 111 Å². The number of sulfonamides is 1. The fraction of sp³-hybridized carbons (Fsp3) is 0.286. The van der Waals surface area contributed by atoms with E-state index in [1.165, 1.54) is 21.1 Å². The molecule has 0 unspecified atom stereocenters. The van der Waals surface area contributed by atoms with E-state index in [1.54, 1.807) is 43.3 Å². The second-order valence-corrected chi connectivity index (χ2v) is 9.12. The molecule has 1 N–H and O–H groups in total. The average molecular weight is 442 g/mol. The molecule has 0 spiro atoms. The Morgan fingerprint density at radius 3 is 2.68 bits per heavy atom. The summed E-state index contributed by atoms with van der Waals surface area (Å²) in [6, 6.07) is 11.8. The Kier molecular flexibility index (Phi) is 5.86. The molecular weight excluding hydrogens is 420 g/mol. The van der Waals surface area contributed by atoms with Gasteiger partial charge in [0, 0.05) is 18.8 Å². The van der Waals surface area contributed by atoms with Crippen LogP contribution in [0.5, 0.6) is 0 Å². The van der Waals surface area contributed by atoms with E-state index in [1.807, 2.05) is 0 Å². The molecule has 0 aliphatic carbocycles. The first kappa shape index (κ1) is 21.2. The molecule has 3 aromatic rings. The molecule has 0 atom stereocenters. The Balaban J connectivity index is 1.58. The summed E-state index contributed by atoms with van der Waals surface area (Å²) >= 11 is 0. The van der Waals surface area contributed by atoms with Crippen molar-refractivity contribution < 1.29 is 17.9 Å².